The molecule has 0 spiro atoms. The third-order valence-corrected chi connectivity index (χ3v) is 10.1. The van der Waals surface area contributed by atoms with E-state index in [-0.39, 0.29) is 35.0 Å². The molecule has 190 valence electrons. The zero-order valence-corrected chi connectivity index (χ0v) is 22.7. The van der Waals surface area contributed by atoms with Crippen molar-refractivity contribution in [3.63, 3.8) is 0 Å². The monoisotopic (exact) mass is 537 g/mol. The summed E-state index contributed by atoms with van der Waals surface area (Å²) in [6, 6.07) is 5.42. The number of carbonyl (C=O) groups excluding carboxylic acids is 1. The lowest BCUT2D eigenvalue weighted by atomic mass is 9.53. The highest BCUT2D eigenvalue weighted by Crippen LogP contribution is 2.57. The van der Waals surface area contributed by atoms with Crippen LogP contribution in [0.15, 0.2) is 18.2 Å². The van der Waals surface area contributed by atoms with Crippen molar-refractivity contribution >= 4 is 51.3 Å². The summed E-state index contributed by atoms with van der Waals surface area (Å²) in [7, 11) is 0. The maximum atomic E-state index is 13.2. The van der Waals surface area contributed by atoms with Gasteiger partial charge in [0.2, 0.25) is 5.91 Å². The van der Waals surface area contributed by atoms with Gasteiger partial charge in [0.25, 0.3) is 0 Å². The van der Waals surface area contributed by atoms with E-state index in [9.17, 15) is 9.90 Å². The van der Waals surface area contributed by atoms with E-state index in [1.165, 1.54) is 4.88 Å². The Labute approximate surface area is 221 Å². The van der Waals surface area contributed by atoms with E-state index in [2.05, 4.69) is 19.2 Å². The van der Waals surface area contributed by atoms with Gasteiger partial charge in [-0.25, -0.2) is 4.98 Å². The van der Waals surface area contributed by atoms with Gasteiger partial charge in [-0.2, -0.15) is 0 Å². The van der Waals surface area contributed by atoms with E-state index in [0.717, 1.165) is 30.1 Å². The van der Waals surface area contributed by atoms with Crippen LogP contribution >= 0.6 is 34.5 Å². The average Bonchev–Trinajstić information content (AvgIpc) is 3.23. The molecule has 35 heavy (non-hydrogen) atoms. The van der Waals surface area contributed by atoms with Crippen LogP contribution < -0.4 is 5.32 Å². The van der Waals surface area contributed by atoms with E-state index in [4.69, 9.17) is 32.9 Å². The molecule has 1 saturated heterocycles. The number of thiazole rings is 1. The second-order valence-electron chi connectivity index (χ2n) is 10.6. The number of halogens is 2. The molecule has 1 amide bonds. The summed E-state index contributed by atoms with van der Waals surface area (Å²) in [6.07, 6.45) is 2.17. The highest BCUT2D eigenvalue weighted by Gasteiger charge is 2.54. The van der Waals surface area contributed by atoms with Gasteiger partial charge in [-0.1, -0.05) is 50.0 Å². The molecular formula is C26H33Cl2N3O3S. The number of hydrogen-bond donors (Lipinski definition) is 2. The molecule has 3 aliphatic rings. The van der Waals surface area contributed by atoms with Crippen LogP contribution in [0.3, 0.4) is 0 Å². The molecule has 0 radical (unpaired) electrons. The summed E-state index contributed by atoms with van der Waals surface area (Å²) in [4.78, 5) is 21.3. The standard InChI is InChI=1S/C26H33Cl2N3O3S/c1-14(24(33)31-9-11-34-12-10-31)16-7-8-26(3)13-19-21(15(2)20(26)23(16)32)29-25(35-19)30-22-17(27)5-4-6-18(22)28/h4-6,14-16,20,23,32H,7-13H2,1-3H3,(H,29,30). The molecule has 2 aliphatic carbocycles. The lowest BCUT2D eigenvalue weighted by Crippen LogP contribution is -2.54. The number of fused-ring (bicyclic) bond motifs is 2. The Kier molecular flexibility index (Phi) is 7.09. The van der Waals surface area contributed by atoms with Crippen LogP contribution in [0.1, 0.15) is 50.1 Å². The van der Waals surface area contributed by atoms with Crippen LogP contribution in [-0.2, 0) is 16.0 Å². The van der Waals surface area contributed by atoms with Gasteiger partial charge in [-0.3, -0.25) is 4.79 Å². The summed E-state index contributed by atoms with van der Waals surface area (Å²) >= 11 is 14.4. The van der Waals surface area contributed by atoms with E-state index in [1.54, 1.807) is 23.5 Å². The third-order valence-electron chi connectivity index (χ3n) is 8.47. The summed E-state index contributed by atoms with van der Waals surface area (Å²) < 4.78 is 5.41. The number of morpholine rings is 1. The van der Waals surface area contributed by atoms with Crippen molar-refractivity contribution in [1.82, 2.24) is 9.88 Å². The molecule has 2 N–H and O–H groups in total. The van der Waals surface area contributed by atoms with Crippen LogP contribution in [0.5, 0.6) is 0 Å². The Morgan fingerprint density at radius 1 is 1.31 bits per heavy atom. The number of amides is 1. The molecule has 6 nitrogen and oxygen atoms in total. The zero-order valence-electron chi connectivity index (χ0n) is 20.4. The van der Waals surface area contributed by atoms with Crippen LogP contribution in [0.2, 0.25) is 10.0 Å². The fourth-order valence-electron chi connectivity index (χ4n) is 6.58. The van der Waals surface area contributed by atoms with Crippen molar-refractivity contribution < 1.29 is 14.6 Å². The minimum Gasteiger partial charge on any atom is -0.392 e. The van der Waals surface area contributed by atoms with Crippen molar-refractivity contribution in [2.24, 2.45) is 23.2 Å². The van der Waals surface area contributed by atoms with Gasteiger partial charge in [0.1, 0.15) is 0 Å². The quantitative estimate of drug-likeness (QED) is 0.519. The second-order valence-corrected chi connectivity index (χ2v) is 12.5. The number of aliphatic hydroxyl groups is 1. The molecule has 1 aromatic heterocycles. The van der Waals surface area contributed by atoms with Gasteiger partial charge in [0.05, 0.1) is 40.7 Å². The molecule has 6 unspecified atom stereocenters. The smallest absolute Gasteiger partial charge is 0.225 e. The molecule has 0 bridgehead atoms. The van der Waals surface area contributed by atoms with Crippen LogP contribution in [0.25, 0.3) is 0 Å². The van der Waals surface area contributed by atoms with E-state index in [0.29, 0.717) is 42.0 Å². The largest absolute Gasteiger partial charge is 0.392 e. The number of benzene rings is 1. The van der Waals surface area contributed by atoms with Gasteiger partial charge >= 0.3 is 0 Å². The number of hydrogen-bond acceptors (Lipinski definition) is 6. The molecule has 2 heterocycles. The minimum absolute atomic E-state index is 0.0318. The van der Waals surface area contributed by atoms with E-state index < -0.39 is 6.10 Å². The molecule has 2 fully saturated rings. The van der Waals surface area contributed by atoms with Crippen molar-refractivity contribution in [2.45, 2.75) is 52.1 Å². The fourth-order valence-corrected chi connectivity index (χ4v) is 8.34. The average molecular weight is 539 g/mol. The van der Waals surface area contributed by atoms with Gasteiger partial charge in [0, 0.05) is 29.8 Å². The lowest BCUT2D eigenvalue weighted by Gasteiger charge is -2.53. The van der Waals surface area contributed by atoms with E-state index in [1.807, 2.05) is 17.9 Å². The zero-order chi connectivity index (χ0) is 24.9. The van der Waals surface area contributed by atoms with E-state index >= 15 is 0 Å². The number of nitrogens with zero attached hydrogens (tertiary/aromatic N) is 2. The summed E-state index contributed by atoms with van der Waals surface area (Å²) in [5.41, 5.74) is 1.67. The summed E-state index contributed by atoms with van der Waals surface area (Å²) in [6.45, 7) is 8.91. The molecule has 5 rings (SSSR count). The Balaban J connectivity index is 1.37. The van der Waals surface area contributed by atoms with Crippen LogP contribution in [-0.4, -0.2) is 53.3 Å². The minimum atomic E-state index is -0.548. The number of aromatic nitrogens is 1. The topological polar surface area (TPSA) is 74.7 Å². The van der Waals surface area contributed by atoms with Crippen molar-refractivity contribution in [1.29, 1.82) is 0 Å². The lowest BCUT2D eigenvalue weighted by molar-refractivity contribution is -0.148. The molecule has 1 aliphatic heterocycles. The van der Waals surface area contributed by atoms with Crippen molar-refractivity contribution in [3.05, 3.63) is 38.8 Å². The highest BCUT2D eigenvalue weighted by atomic mass is 35.5. The summed E-state index contributed by atoms with van der Waals surface area (Å²) in [5.74, 6) is 0.0111. The maximum Gasteiger partial charge on any atom is 0.225 e. The number of carbonyl (C=O) groups is 1. The Morgan fingerprint density at radius 3 is 2.69 bits per heavy atom. The molecule has 2 aromatic rings. The van der Waals surface area contributed by atoms with Crippen molar-refractivity contribution in [3.8, 4) is 0 Å². The Morgan fingerprint density at radius 2 is 2.00 bits per heavy atom. The normalized spacial score (nSPS) is 31.4. The molecule has 1 aromatic carbocycles. The molecular weight excluding hydrogens is 505 g/mol. The predicted octanol–water partition coefficient (Wildman–Crippen LogP) is 5.74. The first-order valence-electron chi connectivity index (χ1n) is 12.4. The first-order chi connectivity index (χ1) is 16.7. The molecule has 1 saturated carbocycles. The van der Waals surface area contributed by atoms with Gasteiger partial charge < -0.3 is 20.1 Å². The number of para-hydroxylation sites is 1. The summed E-state index contributed by atoms with van der Waals surface area (Å²) in [5, 5.41) is 16.9. The fraction of sp³-hybridized carbons (Fsp3) is 0.615. The number of anilines is 2. The first kappa shape index (κ1) is 25.3. The molecule has 6 atom stereocenters. The third kappa shape index (κ3) is 4.59. The predicted molar refractivity (Wildman–Crippen MR) is 141 cm³/mol. The second kappa shape index (κ2) is 9.82. The number of nitrogens with one attached hydrogen (secondary N) is 1. The SMILES string of the molecule is CC(C(=O)N1CCOCC1)C1CCC2(C)Cc3sc(Nc4c(Cl)cccc4Cl)nc3C(C)C2C1O. The molecule has 9 heteroatoms. The number of rotatable bonds is 4. The van der Waals surface area contributed by atoms with Crippen molar-refractivity contribution in [2.75, 3.05) is 31.6 Å². The highest BCUT2D eigenvalue weighted by molar-refractivity contribution is 7.15. The van der Waals surface area contributed by atoms with Crippen LogP contribution in [0, 0.1) is 23.2 Å². The first-order valence-corrected chi connectivity index (χ1v) is 14.0. The number of aliphatic hydroxyl groups excluding tert-OH is 1. The van der Waals surface area contributed by atoms with Gasteiger partial charge in [-0.15, -0.1) is 11.3 Å². The van der Waals surface area contributed by atoms with Gasteiger partial charge in [0.15, 0.2) is 5.13 Å². The van der Waals surface area contributed by atoms with Gasteiger partial charge in [-0.05, 0) is 48.6 Å². The number of ether oxygens (including phenoxy) is 1. The maximum absolute atomic E-state index is 13.2. The van der Waals surface area contributed by atoms with Crippen LogP contribution in [0.4, 0.5) is 10.8 Å². The Hall–Kier alpha value is -1.38. The Bertz CT molecular complexity index is 1090.